The summed E-state index contributed by atoms with van der Waals surface area (Å²) in [5.74, 6) is 0.819. The van der Waals surface area contributed by atoms with Crippen molar-refractivity contribution < 1.29 is 0 Å². The lowest BCUT2D eigenvalue weighted by Gasteiger charge is -2.28. The highest BCUT2D eigenvalue weighted by Gasteiger charge is 2.41. The molecule has 2 rings (SSSR count). The van der Waals surface area contributed by atoms with Crippen molar-refractivity contribution in [3.05, 3.63) is 0 Å². The molecule has 2 nitrogen and oxygen atoms in total. The Morgan fingerprint density at radius 3 is 1.85 bits per heavy atom. The molecule has 2 fully saturated rings. The van der Waals surface area contributed by atoms with Gasteiger partial charge in [-0.05, 0) is 32.2 Å². The van der Waals surface area contributed by atoms with E-state index in [9.17, 15) is 0 Å². The second-order valence-corrected chi connectivity index (χ2v) is 3.38. The number of nitrogens with two attached hydrogens (primary N) is 1. The first-order chi connectivity index (χ1) is 6.29. The van der Waals surface area contributed by atoms with Crippen LogP contribution < -0.4 is 5.73 Å². The molecular formula is C11H26N2. The largest absolute Gasteiger partial charge is 0.315 e. The molecule has 2 bridgehead atoms. The number of nitrogens with zero attached hydrogens (tertiary/aromatic N) is 1. The molecule has 2 aliphatic rings. The standard InChI is InChI=1S/C7H14N2.2C2H6/c1-9-6-3-2-5(4-6)7(9)8;2*1-2/h5-7H,2-4,8H2,1H3;2*1-2H3. The lowest BCUT2D eigenvalue weighted by molar-refractivity contribution is 0.181. The van der Waals surface area contributed by atoms with Gasteiger partial charge >= 0.3 is 0 Å². The summed E-state index contributed by atoms with van der Waals surface area (Å²) in [4.78, 5) is 2.33. The molecule has 2 heteroatoms. The van der Waals surface area contributed by atoms with Gasteiger partial charge < -0.3 is 5.73 Å². The van der Waals surface area contributed by atoms with E-state index in [0.717, 1.165) is 12.0 Å². The third-order valence-corrected chi connectivity index (χ3v) is 2.97. The van der Waals surface area contributed by atoms with Crippen LogP contribution in [0.3, 0.4) is 0 Å². The Bertz CT molecular complexity index is 107. The fraction of sp³-hybridized carbons (Fsp3) is 1.00. The normalized spacial score (nSPS) is 36.0. The van der Waals surface area contributed by atoms with Crippen LogP contribution in [0.4, 0.5) is 0 Å². The SMILES string of the molecule is CC.CC.CN1C2CCC(C2)C1N. The van der Waals surface area contributed by atoms with Crippen molar-refractivity contribution in [2.75, 3.05) is 7.05 Å². The van der Waals surface area contributed by atoms with Gasteiger partial charge in [0.05, 0.1) is 6.17 Å². The van der Waals surface area contributed by atoms with E-state index in [1.54, 1.807) is 0 Å². The first-order valence-corrected chi connectivity index (χ1v) is 5.76. The van der Waals surface area contributed by atoms with Crippen LogP contribution in [0.5, 0.6) is 0 Å². The smallest absolute Gasteiger partial charge is 0.0601 e. The van der Waals surface area contributed by atoms with Crippen LogP contribution in [0, 0.1) is 5.92 Å². The van der Waals surface area contributed by atoms with Crippen LogP contribution in [-0.2, 0) is 0 Å². The quantitative estimate of drug-likeness (QED) is 0.629. The van der Waals surface area contributed by atoms with Gasteiger partial charge in [-0.15, -0.1) is 0 Å². The van der Waals surface area contributed by atoms with E-state index in [4.69, 9.17) is 5.73 Å². The maximum atomic E-state index is 5.89. The van der Waals surface area contributed by atoms with Crippen molar-refractivity contribution in [1.29, 1.82) is 0 Å². The highest BCUT2D eigenvalue weighted by molar-refractivity contribution is 4.94. The van der Waals surface area contributed by atoms with Crippen LogP contribution in [0.25, 0.3) is 0 Å². The molecule has 1 aliphatic carbocycles. The van der Waals surface area contributed by atoms with Crippen molar-refractivity contribution in [3.8, 4) is 0 Å². The van der Waals surface area contributed by atoms with E-state index in [1.165, 1.54) is 19.3 Å². The van der Waals surface area contributed by atoms with Gasteiger partial charge in [0, 0.05) is 6.04 Å². The Balaban J connectivity index is 0.000000322. The van der Waals surface area contributed by atoms with E-state index in [2.05, 4.69) is 11.9 Å². The van der Waals surface area contributed by atoms with Gasteiger partial charge in [-0.3, -0.25) is 4.90 Å². The molecular weight excluding hydrogens is 160 g/mol. The fourth-order valence-electron chi connectivity index (χ4n) is 2.25. The molecule has 0 spiro atoms. The van der Waals surface area contributed by atoms with Gasteiger partial charge in [0.25, 0.3) is 0 Å². The van der Waals surface area contributed by atoms with Crippen LogP contribution in [0.15, 0.2) is 0 Å². The minimum atomic E-state index is 0.378. The summed E-state index contributed by atoms with van der Waals surface area (Å²) in [6, 6.07) is 0.824. The maximum Gasteiger partial charge on any atom is 0.0601 e. The molecule has 0 aromatic heterocycles. The molecule has 3 unspecified atom stereocenters. The zero-order valence-corrected chi connectivity index (χ0v) is 9.88. The minimum Gasteiger partial charge on any atom is -0.315 e. The lowest BCUT2D eigenvalue weighted by Crippen LogP contribution is -2.43. The molecule has 2 N–H and O–H groups in total. The molecule has 1 aliphatic heterocycles. The Hall–Kier alpha value is -0.0800. The van der Waals surface area contributed by atoms with E-state index >= 15 is 0 Å². The highest BCUT2D eigenvalue weighted by atomic mass is 15.3. The zero-order valence-electron chi connectivity index (χ0n) is 9.88. The van der Waals surface area contributed by atoms with E-state index in [1.807, 2.05) is 27.7 Å². The molecule has 1 saturated heterocycles. The molecule has 80 valence electrons. The van der Waals surface area contributed by atoms with Crippen molar-refractivity contribution in [3.63, 3.8) is 0 Å². The lowest BCUT2D eigenvalue weighted by atomic mass is 10.1. The van der Waals surface area contributed by atoms with Crippen molar-refractivity contribution in [1.82, 2.24) is 4.90 Å². The van der Waals surface area contributed by atoms with Crippen LogP contribution in [0.1, 0.15) is 47.0 Å². The van der Waals surface area contributed by atoms with Gasteiger partial charge in [0.2, 0.25) is 0 Å². The van der Waals surface area contributed by atoms with Crippen molar-refractivity contribution in [2.45, 2.75) is 59.2 Å². The summed E-state index contributed by atoms with van der Waals surface area (Å²) in [5.41, 5.74) is 5.89. The van der Waals surface area contributed by atoms with Gasteiger partial charge in [0.15, 0.2) is 0 Å². The maximum absolute atomic E-state index is 5.89. The topological polar surface area (TPSA) is 29.3 Å². The Morgan fingerprint density at radius 1 is 1.08 bits per heavy atom. The molecule has 0 amide bonds. The Labute approximate surface area is 83.5 Å². The summed E-state index contributed by atoms with van der Waals surface area (Å²) in [6.07, 6.45) is 4.49. The Morgan fingerprint density at radius 2 is 1.62 bits per heavy atom. The molecule has 1 saturated carbocycles. The third-order valence-electron chi connectivity index (χ3n) is 2.97. The third kappa shape index (κ3) is 2.68. The van der Waals surface area contributed by atoms with Gasteiger partial charge in [-0.25, -0.2) is 0 Å². The van der Waals surface area contributed by atoms with Crippen LogP contribution in [0.2, 0.25) is 0 Å². The first kappa shape index (κ1) is 12.9. The van der Waals surface area contributed by atoms with E-state index in [0.29, 0.717) is 6.17 Å². The van der Waals surface area contributed by atoms with Gasteiger partial charge in [-0.1, -0.05) is 27.7 Å². The first-order valence-electron chi connectivity index (χ1n) is 5.76. The molecule has 1 heterocycles. The second kappa shape index (κ2) is 6.39. The average Bonchev–Trinajstić information content (AvgIpc) is 2.78. The fourth-order valence-corrected chi connectivity index (χ4v) is 2.25. The predicted molar refractivity (Wildman–Crippen MR) is 59.6 cm³/mol. The number of hydrogen-bond donors (Lipinski definition) is 1. The summed E-state index contributed by atoms with van der Waals surface area (Å²) < 4.78 is 0. The monoisotopic (exact) mass is 186 g/mol. The second-order valence-electron chi connectivity index (χ2n) is 3.38. The van der Waals surface area contributed by atoms with Crippen molar-refractivity contribution >= 4 is 0 Å². The van der Waals surface area contributed by atoms with Gasteiger partial charge in [-0.2, -0.15) is 0 Å². The summed E-state index contributed by atoms with van der Waals surface area (Å²) in [7, 11) is 2.15. The Kier molecular flexibility index (Phi) is 6.35. The minimum absolute atomic E-state index is 0.378. The number of fused-ring (bicyclic) bond motifs is 2. The molecule has 13 heavy (non-hydrogen) atoms. The zero-order chi connectivity index (χ0) is 10.4. The summed E-state index contributed by atoms with van der Waals surface area (Å²) in [5, 5.41) is 0. The molecule has 0 radical (unpaired) electrons. The molecule has 0 aromatic rings. The number of likely N-dealkylation sites (tertiary alicyclic amines) is 1. The van der Waals surface area contributed by atoms with Crippen LogP contribution >= 0.6 is 0 Å². The van der Waals surface area contributed by atoms with Crippen molar-refractivity contribution in [2.24, 2.45) is 11.7 Å². The highest BCUT2D eigenvalue weighted by Crippen LogP contribution is 2.38. The van der Waals surface area contributed by atoms with Gasteiger partial charge in [0.1, 0.15) is 0 Å². The summed E-state index contributed by atoms with van der Waals surface area (Å²) in [6.45, 7) is 8.00. The predicted octanol–water partition coefficient (Wildman–Crippen LogP) is 2.44. The number of piperidine rings is 1. The molecule has 0 aromatic carbocycles. The van der Waals surface area contributed by atoms with E-state index < -0.39 is 0 Å². The average molecular weight is 186 g/mol. The number of rotatable bonds is 0. The van der Waals surface area contributed by atoms with Crippen LogP contribution in [-0.4, -0.2) is 24.2 Å². The van der Waals surface area contributed by atoms with E-state index in [-0.39, 0.29) is 0 Å². The summed E-state index contributed by atoms with van der Waals surface area (Å²) >= 11 is 0. The molecule has 3 atom stereocenters. The number of hydrogen-bond acceptors (Lipinski definition) is 2.